The third kappa shape index (κ3) is 5.86. The van der Waals surface area contributed by atoms with E-state index in [9.17, 15) is 0 Å². The molecule has 0 radical (unpaired) electrons. The molecule has 1 aromatic rings. The number of aliphatic hydroxyl groups excluding tert-OH is 1. The van der Waals surface area contributed by atoms with Crippen LogP contribution in [0.3, 0.4) is 0 Å². The highest BCUT2D eigenvalue weighted by atomic mass is 16.5. The predicted octanol–water partition coefficient (Wildman–Crippen LogP) is 3.87. The van der Waals surface area contributed by atoms with Gasteiger partial charge in [-0.2, -0.15) is 0 Å². The number of hydrogen-bond donors (Lipinski definition) is 1. The molecule has 0 heterocycles. The molecular weight excluding hydrogens is 236 g/mol. The Labute approximate surface area is 116 Å². The Morgan fingerprint density at radius 2 is 2.05 bits per heavy atom. The van der Waals surface area contributed by atoms with Gasteiger partial charge in [0, 0.05) is 0 Å². The van der Waals surface area contributed by atoms with Crippen LogP contribution in [-0.2, 0) is 11.3 Å². The maximum Gasteiger partial charge on any atom is 0.0839 e. The Bertz CT molecular complexity index is 409. The Morgan fingerprint density at radius 3 is 2.63 bits per heavy atom. The molecule has 0 aliphatic carbocycles. The fraction of sp³-hybridized carbons (Fsp3) is 0.412. The van der Waals surface area contributed by atoms with Gasteiger partial charge in [-0.1, -0.05) is 48.1 Å². The molecule has 0 saturated carbocycles. The first-order valence-electron chi connectivity index (χ1n) is 6.67. The Balaban J connectivity index is 2.48. The van der Waals surface area contributed by atoms with E-state index in [-0.39, 0.29) is 12.2 Å². The minimum absolute atomic E-state index is 0.121. The lowest BCUT2D eigenvalue weighted by Crippen LogP contribution is -2.25. The zero-order chi connectivity index (χ0) is 14.1. The van der Waals surface area contributed by atoms with E-state index >= 15 is 0 Å². The summed E-state index contributed by atoms with van der Waals surface area (Å²) < 4.78 is 5.97. The molecule has 0 saturated heterocycles. The van der Waals surface area contributed by atoms with Crippen LogP contribution in [0.5, 0.6) is 0 Å². The molecule has 0 aliphatic heterocycles. The van der Waals surface area contributed by atoms with Gasteiger partial charge in [0.2, 0.25) is 0 Å². The number of rotatable bonds is 8. The second-order valence-corrected chi connectivity index (χ2v) is 5.04. The van der Waals surface area contributed by atoms with Crippen LogP contribution in [-0.4, -0.2) is 17.3 Å². The maximum atomic E-state index is 8.95. The molecule has 2 nitrogen and oxygen atoms in total. The monoisotopic (exact) mass is 260 g/mol. The summed E-state index contributed by atoms with van der Waals surface area (Å²) in [5.41, 5.74) is 1.83. The number of allylic oxidation sites excluding steroid dienone is 1. The molecule has 1 atom stereocenters. The number of ether oxygens (including phenoxy) is 1. The molecule has 1 N–H and O–H groups in total. The number of aliphatic hydroxyl groups is 1. The van der Waals surface area contributed by atoms with E-state index in [0.717, 1.165) is 24.0 Å². The topological polar surface area (TPSA) is 29.5 Å². The highest BCUT2D eigenvalue weighted by Crippen LogP contribution is 2.21. The molecule has 2 heteroatoms. The summed E-state index contributed by atoms with van der Waals surface area (Å²) in [5, 5.41) is 8.95. The minimum Gasteiger partial charge on any atom is -0.392 e. The van der Waals surface area contributed by atoms with Gasteiger partial charge in [-0.05, 0) is 32.3 Å². The first kappa shape index (κ1) is 15.7. The van der Waals surface area contributed by atoms with Gasteiger partial charge in [0.1, 0.15) is 0 Å². The van der Waals surface area contributed by atoms with Crippen LogP contribution in [0, 0.1) is 0 Å². The van der Waals surface area contributed by atoms with E-state index in [1.54, 1.807) is 0 Å². The molecule has 0 spiro atoms. The van der Waals surface area contributed by atoms with Gasteiger partial charge >= 0.3 is 0 Å². The average molecular weight is 260 g/mol. The van der Waals surface area contributed by atoms with Gasteiger partial charge in [0.25, 0.3) is 0 Å². The molecule has 0 aromatic heterocycles. The third-order valence-corrected chi connectivity index (χ3v) is 3.23. The SMILES string of the molecule is C=CC(C)(CC/C=C(\C)CO)OCc1ccccc1. The summed E-state index contributed by atoms with van der Waals surface area (Å²) in [7, 11) is 0. The molecule has 0 aliphatic rings. The van der Waals surface area contributed by atoms with Gasteiger partial charge in [-0.3, -0.25) is 0 Å². The molecule has 19 heavy (non-hydrogen) atoms. The van der Waals surface area contributed by atoms with Crippen molar-refractivity contribution in [3.8, 4) is 0 Å². The summed E-state index contributed by atoms with van der Waals surface area (Å²) in [4.78, 5) is 0. The normalized spacial score (nSPS) is 15.0. The van der Waals surface area contributed by atoms with Crippen LogP contribution in [0.25, 0.3) is 0 Å². The smallest absolute Gasteiger partial charge is 0.0839 e. The standard InChI is InChI=1S/C17H24O2/c1-4-17(3,12-8-9-15(2)13-18)19-14-16-10-6-5-7-11-16/h4-7,9-11,18H,1,8,12-14H2,2-3H3/b15-9+. The first-order valence-corrected chi connectivity index (χ1v) is 6.67. The zero-order valence-corrected chi connectivity index (χ0v) is 11.9. The lowest BCUT2D eigenvalue weighted by atomic mass is 9.99. The fourth-order valence-corrected chi connectivity index (χ4v) is 1.73. The van der Waals surface area contributed by atoms with Crippen molar-refractivity contribution in [3.05, 3.63) is 60.2 Å². The third-order valence-electron chi connectivity index (χ3n) is 3.23. The molecule has 0 amide bonds. The number of benzene rings is 1. The Hall–Kier alpha value is -1.38. The van der Waals surface area contributed by atoms with Gasteiger partial charge in [-0.25, -0.2) is 0 Å². The second kappa shape index (κ2) is 7.93. The van der Waals surface area contributed by atoms with Crippen LogP contribution in [0.4, 0.5) is 0 Å². The van der Waals surface area contributed by atoms with Crippen LogP contribution < -0.4 is 0 Å². The summed E-state index contributed by atoms with van der Waals surface area (Å²) >= 11 is 0. The molecule has 1 unspecified atom stereocenters. The minimum atomic E-state index is -0.331. The molecule has 0 bridgehead atoms. The Morgan fingerprint density at radius 1 is 1.37 bits per heavy atom. The predicted molar refractivity (Wildman–Crippen MR) is 79.9 cm³/mol. The fourth-order valence-electron chi connectivity index (χ4n) is 1.73. The van der Waals surface area contributed by atoms with E-state index in [0.29, 0.717) is 6.61 Å². The lowest BCUT2D eigenvalue weighted by Gasteiger charge is -2.26. The van der Waals surface area contributed by atoms with Crippen LogP contribution in [0.15, 0.2) is 54.6 Å². The molecule has 1 aromatic carbocycles. The maximum absolute atomic E-state index is 8.95. The van der Waals surface area contributed by atoms with Crippen molar-refractivity contribution in [2.45, 2.75) is 38.9 Å². The van der Waals surface area contributed by atoms with Gasteiger partial charge in [0.15, 0.2) is 0 Å². The van der Waals surface area contributed by atoms with E-state index in [4.69, 9.17) is 9.84 Å². The van der Waals surface area contributed by atoms with Crippen molar-refractivity contribution in [2.75, 3.05) is 6.61 Å². The van der Waals surface area contributed by atoms with Crippen LogP contribution >= 0.6 is 0 Å². The largest absolute Gasteiger partial charge is 0.392 e. The van der Waals surface area contributed by atoms with Crippen molar-refractivity contribution in [1.29, 1.82) is 0 Å². The van der Waals surface area contributed by atoms with Gasteiger partial charge < -0.3 is 9.84 Å². The van der Waals surface area contributed by atoms with E-state index in [2.05, 4.69) is 18.7 Å². The van der Waals surface area contributed by atoms with Gasteiger partial charge in [0.05, 0.1) is 18.8 Å². The van der Waals surface area contributed by atoms with Crippen molar-refractivity contribution < 1.29 is 9.84 Å². The van der Waals surface area contributed by atoms with Crippen molar-refractivity contribution in [1.82, 2.24) is 0 Å². The highest BCUT2D eigenvalue weighted by Gasteiger charge is 2.19. The lowest BCUT2D eigenvalue weighted by molar-refractivity contribution is -0.0116. The van der Waals surface area contributed by atoms with Crippen LogP contribution in [0.2, 0.25) is 0 Å². The molecular formula is C17H24O2. The number of hydrogen-bond acceptors (Lipinski definition) is 2. The quantitative estimate of drug-likeness (QED) is 0.719. The summed E-state index contributed by atoms with van der Waals surface area (Å²) in [6.45, 7) is 8.55. The molecule has 0 fully saturated rings. The second-order valence-electron chi connectivity index (χ2n) is 5.04. The van der Waals surface area contributed by atoms with E-state index in [1.165, 1.54) is 0 Å². The van der Waals surface area contributed by atoms with Crippen molar-refractivity contribution in [3.63, 3.8) is 0 Å². The average Bonchev–Trinajstić information content (AvgIpc) is 2.46. The van der Waals surface area contributed by atoms with Crippen molar-refractivity contribution in [2.24, 2.45) is 0 Å². The van der Waals surface area contributed by atoms with Crippen LogP contribution in [0.1, 0.15) is 32.3 Å². The zero-order valence-electron chi connectivity index (χ0n) is 11.9. The molecule has 104 valence electrons. The van der Waals surface area contributed by atoms with Gasteiger partial charge in [-0.15, -0.1) is 6.58 Å². The summed E-state index contributed by atoms with van der Waals surface area (Å²) in [5.74, 6) is 0. The van der Waals surface area contributed by atoms with E-state index < -0.39 is 0 Å². The van der Waals surface area contributed by atoms with E-state index in [1.807, 2.05) is 44.2 Å². The Kier molecular flexibility index (Phi) is 6.54. The first-order chi connectivity index (χ1) is 9.09. The highest BCUT2D eigenvalue weighted by molar-refractivity contribution is 5.14. The van der Waals surface area contributed by atoms with Crippen molar-refractivity contribution >= 4 is 0 Å². The molecule has 1 rings (SSSR count). The summed E-state index contributed by atoms with van der Waals surface area (Å²) in [6, 6.07) is 10.1. The summed E-state index contributed by atoms with van der Waals surface area (Å²) in [6.07, 6.45) is 5.65.